The smallest absolute Gasteiger partial charge is 0.0818 e. The molecule has 0 radical (unpaired) electrons. The summed E-state index contributed by atoms with van der Waals surface area (Å²) in [5, 5.41) is 13.1. The molecule has 1 unspecified atom stereocenters. The van der Waals surface area contributed by atoms with Crippen molar-refractivity contribution in [1.29, 1.82) is 0 Å². The zero-order valence-electron chi connectivity index (χ0n) is 11.4. The number of fused-ring (bicyclic) bond motifs is 1. The van der Waals surface area contributed by atoms with Crippen molar-refractivity contribution in [3.8, 4) is 0 Å². The lowest BCUT2D eigenvalue weighted by Gasteiger charge is -2.22. The quantitative estimate of drug-likeness (QED) is 0.760. The van der Waals surface area contributed by atoms with Crippen LogP contribution in [0, 0.1) is 5.92 Å². The summed E-state index contributed by atoms with van der Waals surface area (Å²) in [6.07, 6.45) is 7.27. The molecule has 0 amide bonds. The molecule has 2 aromatic carbocycles. The topological polar surface area (TPSA) is 20.2 Å². The van der Waals surface area contributed by atoms with Gasteiger partial charge in [-0.3, -0.25) is 0 Å². The molecule has 1 nitrogen and oxygen atoms in total. The van der Waals surface area contributed by atoms with Gasteiger partial charge in [0.2, 0.25) is 0 Å². The SMILES string of the molecule is OC(c1ccc2ccccc2c1)C1CCCCCC1. The van der Waals surface area contributed by atoms with Gasteiger partial charge in [-0.25, -0.2) is 0 Å². The van der Waals surface area contributed by atoms with Crippen LogP contribution in [0.3, 0.4) is 0 Å². The lowest BCUT2D eigenvalue weighted by molar-refractivity contribution is 0.0989. The predicted octanol–water partition coefficient (Wildman–Crippen LogP) is 4.84. The molecule has 1 N–H and O–H groups in total. The Morgan fingerprint density at radius 2 is 1.53 bits per heavy atom. The molecule has 0 aliphatic heterocycles. The first-order valence-electron chi connectivity index (χ1n) is 7.51. The van der Waals surface area contributed by atoms with E-state index in [1.165, 1.54) is 49.3 Å². The van der Waals surface area contributed by atoms with E-state index < -0.39 is 0 Å². The van der Waals surface area contributed by atoms with Crippen LogP contribution < -0.4 is 0 Å². The summed E-state index contributed by atoms with van der Waals surface area (Å²) in [4.78, 5) is 0. The summed E-state index contributed by atoms with van der Waals surface area (Å²) < 4.78 is 0. The molecule has 0 saturated heterocycles. The van der Waals surface area contributed by atoms with Crippen molar-refractivity contribution in [1.82, 2.24) is 0 Å². The third kappa shape index (κ3) is 2.82. The first kappa shape index (κ1) is 12.7. The first-order valence-corrected chi connectivity index (χ1v) is 7.51. The van der Waals surface area contributed by atoms with Gasteiger partial charge in [-0.15, -0.1) is 0 Å². The average Bonchev–Trinajstić information content (AvgIpc) is 2.75. The van der Waals surface area contributed by atoms with Gasteiger partial charge >= 0.3 is 0 Å². The fourth-order valence-corrected chi connectivity index (χ4v) is 3.29. The van der Waals surface area contributed by atoms with E-state index in [4.69, 9.17) is 0 Å². The molecule has 1 fully saturated rings. The second-order valence-corrected chi connectivity index (χ2v) is 5.80. The van der Waals surface area contributed by atoms with Crippen LogP contribution in [-0.2, 0) is 0 Å². The van der Waals surface area contributed by atoms with E-state index >= 15 is 0 Å². The minimum atomic E-state index is -0.289. The van der Waals surface area contributed by atoms with Crippen LogP contribution in [0.4, 0.5) is 0 Å². The zero-order valence-corrected chi connectivity index (χ0v) is 11.4. The number of aliphatic hydroxyl groups excluding tert-OH is 1. The summed E-state index contributed by atoms with van der Waals surface area (Å²) >= 11 is 0. The molecule has 0 aromatic heterocycles. The monoisotopic (exact) mass is 254 g/mol. The Bertz CT molecular complexity index is 538. The van der Waals surface area contributed by atoms with Gasteiger partial charge in [-0.1, -0.05) is 62.1 Å². The zero-order chi connectivity index (χ0) is 13.1. The van der Waals surface area contributed by atoms with E-state index in [0.717, 1.165) is 5.56 Å². The van der Waals surface area contributed by atoms with Crippen molar-refractivity contribution in [2.24, 2.45) is 5.92 Å². The van der Waals surface area contributed by atoms with Crippen LogP contribution in [0.5, 0.6) is 0 Å². The number of aliphatic hydroxyl groups is 1. The van der Waals surface area contributed by atoms with Gasteiger partial charge in [0.1, 0.15) is 0 Å². The van der Waals surface area contributed by atoms with Crippen molar-refractivity contribution < 1.29 is 5.11 Å². The Kier molecular flexibility index (Phi) is 3.84. The highest BCUT2D eigenvalue weighted by molar-refractivity contribution is 5.83. The van der Waals surface area contributed by atoms with Crippen LogP contribution in [-0.4, -0.2) is 5.11 Å². The summed E-state index contributed by atoms with van der Waals surface area (Å²) in [6.45, 7) is 0. The Morgan fingerprint density at radius 3 is 2.26 bits per heavy atom. The normalized spacial score (nSPS) is 19.2. The lowest BCUT2D eigenvalue weighted by Crippen LogP contribution is -2.11. The molecule has 0 spiro atoms. The number of hydrogen-bond acceptors (Lipinski definition) is 1. The van der Waals surface area contributed by atoms with Gasteiger partial charge in [0.15, 0.2) is 0 Å². The third-order valence-corrected chi connectivity index (χ3v) is 4.46. The molecule has 1 saturated carbocycles. The van der Waals surface area contributed by atoms with Gasteiger partial charge in [0, 0.05) is 0 Å². The molecule has 0 heterocycles. The van der Waals surface area contributed by atoms with E-state index in [1.807, 2.05) is 0 Å². The molecule has 0 bridgehead atoms. The fourth-order valence-electron chi connectivity index (χ4n) is 3.29. The van der Waals surface area contributed by atoms with Gasteiger partial charge in [-0.2, -0.15) is 0 Å². The largest absolute Gasteiger partial charge is 0.388 e. The highest BCUT2D eigenvalue weighted by Crippen LogP contribution is 2.34. The standard InChI is InChI=1S/C18H22O/c19-18(15-8-3-1-2-4-9-15)17-12-11-14-7-5-6-10-16(14)13-17/h5-7,10-13,15,18-19H,1-4,8-9H2. The summed E-state index contributed by atoms with van der Waals surface area (Å²) in [5.74, 6) is 0.448. The molecule has 1 atom stereocenters. The van der Waals surface area contributed by atoms with E-state index in [1.54, 1.807) is 0 Å². The van der Waals surface area contributed by atoms with Crippen molar-refractivity contribution in [2.75, 3.05) is 0 Å². The first-order chi connectivity index (χ1) is 9.34. The average molecular weight is 254 g/mol. The summed E-state index contributed by atoms with van der Waals surface area (Å²) in [7, 11) is 0. The molecule has 19 heavy (non-hydrogen) atoms. The molecule has 1 aliphatic rings. The van der Waals surface area contributed by atoms with E-state index in [0.29, 0.717) is 5.92 Å². The van der Waals surface area contributed by atoms with E-state index in [9.17, 15) is 5.11 Å². The van der Waals surface area contributed by atoms with Crippen molar-refractivity contribution in [3.63, 3.8) is 0 Å². The van der Waals surface area contributed by atoms with Gasteiger partial charge in [-0.05, 0) is 41.2 Å². The maximum absolute atomic E-state index is 10.6. The van der Waals surface area contributed by atoms with E-state index in [-0.39, 0.29) is 6.10 Å². The van der Waals surface area contributed by atoms with Crippen LogP contribution in [0.15, 0.2) is 42.5 Å². The van der Waals surface area contributed by atoms with Gasteiger partial charge in [0.25, 0.3) is 0 Å². The minimum absolute atomic E-state index is 0.289. The molecular weight excluding hydrogens is 232 g/mol. The number of benzene rings is 2. The van der Waals surface area contributed by atoms with Gasteiger partial charge < -0.3 is 5.11 Å². The van der Waals surface area contributed by atoms with Crippen LogP contribution in [0.25, 0.3) is 10.8 Å². The third-order valence-electron chi connectivity index (χ3n) is 4.46. The Morgan fingerprint density at radius 1 is 0.842 bits per heavy atom. The predicted molar refractivity (Wildman–Crippen MR) is 80.1 cm³/mol. The van der Waals surface area contributed by atoms with Crippen LogP contribution in [0.1, 0.15) is 50.2 Å². The van der Waals surface area contributed by atoms with Crippen LogP contribution >= 0.6 is 0 Å². The van der Waals surface area contributed by atoms with Crippen molar-refractivity contribution in [2.45, 2.75) is 44.6 Å². The molecule has 2 aromatic rings. The molecule has 100 valence electrons. The number of rotatable bonds is 2. The molecule has 1 aliphatic carbocycles. The molecule has 1 heteroatoms. The Hall–Kier alpha value is -1.34. The Labute approximate surface area is 115 Å². The minimum Gasteiger partial charge on any atom is -0.388 e. The van der Waals surface area contributed by atoms with Crippen molar-refractivity contribution >= 4 is 10.8 Å². The fraction of sp³-hybridized carbons (Fsp3) is 0.444. The lowest BCUT2D eigenvalue weighted by atomic mass is 9.89. The number of hydrogen-bond donors (Lipinski definition) is 1. The second kappa shape index (κ2) is 5.75. The van der Waals surface area contributed by atoms with Gasteiger partial charge in [0.05, 0.1) is 6.10 Å². The molecular formula is C18H22O. The summed E-state index contributed by atoms with van der Waals surface area (Å²) in [6, 6.07) is 14.7. The highest BCUT2D eigenvalue weighted by Gasteiger charge is 2.22. The van der Waals surface area contributed by atoms with E-state index in [2.05, 4.69) is 42.5 Å². The second-order valence-electron chi connectivity index (χ2n) is 5.80. The molecule has 3 rings (SSSR count). The maximum Gasteiger partial charge on any atom is 0.0818 e. The maximum atomic E-state index is 10.6. The Balaban J connectivity index is 1.85. The highest BCUT2D eigenvalue weighted by atomic mass is 16.3. The van der Waals surface area contributed by atoms with Crippen LogP contribution in [0.2, 0.25) is 0 Å². The summed E-state index contributed by atoms with van der Waals surface area (Å²) in [5.41, 5.74) is 1.09. The van der Waals surface area contributed by atoms with Crippen molar-refractivity contribution in [3.05, 3.63) is 48.0 Å².